The van der Waals surface area contributed by atoms with Gasteiger partial charge in [0.15, 0.2) is 11.0 Å². The molecule has 3 heterocycles. The van der Waals surface area contributed by atoms with Crippen molar-refractivity contribution < 1.29 is 37.4 Å². The van der Waals surface area contributed by atoms with Crippen molar-refractivity contribution >= 4 is 57.6 Å². The van der Waals surface area contributed by atoms with Gasteiger partial charge in [0, 0.05) is 18.6 Å². The third-order valence-corrected chi connectivity index (χ3v) is 5.34. The molecule has 0 radical (unpaired) electrons. The summed E-state index contributed by atoms with van der Waals surface area (Å²) in [5, 5.41) is 15.3. The summed E-state index contributed by atoms with van der Waals surface area (Å²) in [5.74, 6) is -3.19. The highest BCUT2D eigenvalue weighted by Gasteiger charge is 2.38. The fraction of sp³-hybridized carbons (Fsp3) is 0.182. The molecule has 0 saturated carbocycles. The van der Waals surface area contributed by atoms with Crippen LogP contribution >= 0.6 is 11.8 Å². The van der Waals surface area contributed by atoms with Crippen molar-refractivity contribution in [3.63, 3.8) is 0 Å². The average molecular weight is 521 g/mol. The molecule has 1 fully saturated rings. The van der Waals surface area contributed by atoms with Gasteiger partial charge in [-0.05, 0) is 48.5 Å². The van der Waals surface area contributed by atoms with E-state index in [9.17, 15) is 22.8 Å². The highest BCUT2D eigenvalue weighted by Crippen LogP contribution is 2.29. The highest BCUT2D eigenvalue weighted by molar-refractivity contribution is 8.18. The summed E-state index contributed by atoms with van der Waals surface area (Å²) in [6.45, 7) is 1.98. The van der Waals surface area contributed by atoms with Crippen molar-refractivity contribution in [2.45, 2.75) is 13.1 Å². The Balaban J connectivity index is 0.000000454. The fourth-order valence-corrected chi connectivity index (χ4v) is 3.65. The van der Waals surface area contributed by atoms with Crippen molar-refractivity contribution in [1.29, 1.82) is 0 Å². The van der Waals surface area contributed by atoms with E-state index in [0.29, 0.717) is 15.9 Å². The maximum Gasteiger partial charge on any atom is 0.490 e. The summed E-state index contributed by atoms with van der Waals surface area (Å²) in [7, 11) is 1.67. The van der Waals surface area contributed by atoms with Crippen LogP contribution in [-0.2, 0) is 21.4 Å². The molecule has 0 bridgehead atoms. The topological polar surface area (TPSA) is 136 Å². The predicted molar refractivity (Wildman–Crippen MR) is 125 cm³/mol. The first kappa shape index (κ1) is 26.4. The first-order valence-electron chi connectivity index (χ1n) is 10.1. The molecule has 0 aliphatic carbocycles. The fourth-order valence-electron chi connectivity index (χ4n) is 2.83. The molecular weight excluding hydrogens is 503 g/mol. The van der Waals surface area contributed by atoms with Crippen LogP contribution in [0.15, 0.2) is 52.6 Å². The molecule has 188 valence electrons. The van der Waals surface area contributed by atoms with Crippen LogP contribution in [0.1, 0.15) is 22.8 Å². The molecule has 10 nitrogen and oxygen atoms in total. The van der Waals surface area contributed by atoms with E-state index in [1.54, 1.807) is 26.2 Å². The number of carbonyl (C=O) groups is 3. The van der Waals surface area contributed by atoms with Crippen LogP contribution in [0.2, 0.25) is 0 Å². The lowest BCUT2D eigenvalue weighted by Gasteiger charge is -2.02. The number of carboxylic acids is 1. The number of carboxylic acid groups (broad SMARTS) is 1. The molecule has 1 amide bonds. The number of ether oxygens (including phenoxy) is 1. The number of amidine groups is 1. The Labute approximate surface area is 205 Å². The third-order valence-electron chi connectivity index (χ3n) is 4.43. The Morgan fingerprint density at radius 1 is 1.31 bits per heavy atom. The van der Waals surface area contributed by atoms with E-state index < -0.39 is 18.1 Å². The molecule has 1 saturated heterocycles. The maximum absolute atomic E-state index is 12.4. The summed E-state index contributed by atoms with van der Waals surface area (Å²) < 4.78 is 38.2. The number of fused-ring (bicyclic) bond motifs is 1. The van der Waals surface area contributed by atoms with E-state index in [1.807, 2.05) is 30.3 Å². The lowest BCUT2D eigenvalue weighted by Crippen LogP contribution is -2.21. The number of carbonyl (C=O) groups excluding carboxylic acids is 2. The van der Waals surface area contributed by atoms with Crippen molar-refractivity contribution in [3.05, 3.63) is 58.8 Å². The van der Waals surface area contributed by atoms with Crippen molar-refractivity contribution in [3.8, 4) is 0 Å². The number of alkyl halides is 3. The van der Waals surface area contributed by atoms with E-state index in [2.05, 4.69) is 20.4 Å². The zero-order valence-corrected chi connectivity index (χ0v) is 19.6. The van der Waals surface area contributed by atoms with Crippen LogP contribution in [0.3, 0.4) is 0 Å². The standard InChI is InChI=1S/C20H17N5O3S.C2HF3O2/c1-3-28-19(27)14-11-22-25(2)17(14)23-20-24-18(26)16(29-20)10-12-6-7-15-13(9-12)5-4-8-21-15;3-2(4,5)1(6)7/h4-11H,3H2,1-2H3,(H,23,24,26);(H,6,7). The normalized spacial score (nSPS) is 15.5. The molecule has 1 aromatic carbocycles. The maximum atomic E-state index is 12.4. The summed E-state index contributed by atoms with van der Waals surface area (Å²) in [4.78, 5) is 42.6. The number of thioether (sulfide) groups is 1. The molecule has 0 atom stereocenters. The van der Waals surface area contributed by atoms with Crippen LogP contribution in [0.4, 0.5) is 19.0 Å². The van der Waals surface area contributed by atoms with E-state index in [0.717, 1.165) is 16.5 Å². The second-order valence-electron chi connectivity index (χ2n) is 6.97. The summed E-state index contributed by atoms with van der Waals surface area (Å²) >= 11 is 1.20. The number of hydrogen-bond donors (Lipinski definition) is 2. The van der Waals surface area contributed by atoms with Gasteiger partial charge in [0.1, 0.15) is 5.56 Å². The number of aromatic nitrogens is 3. The molecule has 0 unspecified atom stereocenters. The second kappa shape index (κ2) is 11.0. The molecule has 2 aromatic heterocycles. The molecule has 1 aliphatic rings. The van der Waals surface area contributed by atoms with Crippen molar-refractivity contribution in [1.82, 2.24) is 20.1 Å². The summed E-state index contributed by atoms with van der Waals surface area (Å²) in [6.07, 6.45) is -0.143. The molecule has 3 aromatic rings. The Kier molecular flexibility index (Phi) is 8.09. The first-order chi connectivity index (χ1) is 17.0. The highest BCUT2D eigenvalue weighted by atomic mass is 32.2. The van der Waals surface area contributed by atoms with Crippen molar-refractivity contribution in [2.24, 2.45) is 12.0 Å². The number of amides is 1. The van der Waals surface area contributed by atoms with Gasteiger partial charge in [0.2, 0.25) is 0 Å². The number of aryl methyl sites for hydroxylation is 1. The van der Waals surface area contributed by atoms with Gasteiger partial charge in [-0.2, -0.15) is 18.3 Å². The number of nitrogens with zero attached hydrogens (tertiary/aromatic N) is 4. The minimum Gasteiger partial charge on any atom is -0.475 e. The van der Waals surface area contributed by atoms with E-state index in [-0.39, 0.29) is 18.1 Å². The van der Waals surface area contributed by atoms with E-state index in [1.165, 1.54) is 22.6 Å². The van der Waals surface area contributed by atoms with Gasteiger partial charge in [0.25, 0.3) is 5.91 Å². The lowest BCUT2D eigenvalue weighted by molar-refractivity contribution is -0.192. The average Bonchev–Trinajstić information content (AvgIpc) is 3.35. The van der Waals surface area contributed by atoms with Crippen LogP contribution in [0.25, 0.3) is 17.0 Å². The largest absolute Gasteiger partial charge is 0.490 e. The number of hydrogen-bond acceptors (Lipinski definition) is 8. The van der Waals surface area contributed by atoms with Gasteiger partial charge in [-0.3, -0.25) is 14.5 Å². The van der Waals surface area contributed by atoms with Crippen LogP contribution in [-0.4, -0.2) is 55.7 Å². The lowest BCUT2D eigenvalue weighted by atomic mass is 10.1. The molecular formula is C22H18F3N5O5S. The molecule has 36 heavy (non-hydrogen) atoms. The quantitative estimate of drug-likeness (QED) is 0.392. The van der Waals surface area contributed by atoms with Gasteiger partial charge >= 0.3 is 18.1 Å². The smallest absolute Gasteiger partial charge is 0.475 e. The molecule has 2 N–H and O–H groups in total. The van der Waals surface area contributed by atoms with E-state index >= 15 is 0 Å². The van der Waals surface area contributed by atoms with Gasteiger partial charge in [-0.1, -0.05) is 12.1 Å². The summed E-state index contributed by atoms with van der Waals surface area (Å²) in [5.41, 5.74) is 2.02. The van der Waals surface area contributed by atoms with Gasteiger partial charge in [-0.15, -0.1) is 0 Å². The minimum absolute atomic E-state index is 0.246. The van der Waals surface area contributed by atoms with Crippen LogP contribution in [0, 0.1) is 0 Å². The Morgan fingerprint density at radius 3 is 2.69 bits per heavy atom. The summed E-state index contributed by atoms with van der Waals surface area (Å²) in [6, 6.07) is 9.63. The van der Waals surface area contributed by atoms with Crippen molar-refractivity contribution in [2.75, 3.05) is 6.61 Å². The monoisotopic (exact) mass is 521 g/mol. The number of aliphatic imine (C=N–C) groups is 1. The van der Waals surface area contributed by atoms with Gasteiger partial charge < -0.3 is 15.2 Å². The number of esters is 1. The number of aliphatic carboxylic acids is 1. The number of nitrogens with one attached hydrogen (secondary N) is 1. The molecule has 4 rings (SSSR count). The van der Waals surface area contributed by atoms with Crippen LogP contribution < -0.4 is 5.32 Å². The molecule has 14 heteroatoms. The molecule has 1 aliphatic heterocycles. The Hall–Kier alpha value is -4.20. The Morgan fingerprint density at radius 2 is 2.03 bits per heavy atom. The number of halogens is 3. The van der Waals surface area contributed by atoms with Gasteiger partial charge in [-0.25, -0.2) is 14.6 Å². The van der Waals surface area contributed by atoms with Gasteiger partial charge in [0.05, 0.1) is 23.2 Å². The SMILES string of the molecule is CCOC(=O)c1cnn(C)c1N=C1NC(=O)C(=Cc2ccc3ncccc3c2)S1.O=C(O)C(F)(F)F. The number of pyridine rings is 1. The zero-order valence-electron chi connectivity index (χ0n) is 18.7. The first-order valence-corrected chi connectivity index (χ1v) is 10.9. The predicted octanol–water partition coefficient (Wildman–Crippen LogP) is 3.67. The Bertz CT molecular complexity index is 1380. The zero-order chi connectivity index (χ0) is 26.5. The minimum atomic E-state index is -5.08. The number of benzene rings is 1. The van der Waals surface area contributed by atoms with Crippen LogP contribution in [0.5, 0.6) is 0 Å². The van der Waals surface area contributed by atoms with E-state index in [4.69, 9.17) is 14.6 Å². The molecule has 0 spiro atoms. The second-order valence-corrected chi connectivity index (χ2v) is 8.00. The third kappa shape index (κ3) is 6.47. The number of rotatable bonds is 4.